The van der Waals surface area contributed by atoms with Crippen molar-refractivity contribution in [3.63, 3.8) is 0 Å². The molecule has 1 atom stereocenters. The van der Waals surface area contributed by atoms with Crippen molar-refractivity contribution >= 4 is 17.1 Å². The lowest BCUT2D eigenvalue weighted by Crippen LogP contribution is -2.37. The second kappa shape index (κ2) is 10.2. The second-order valence-corrected chi connectivity index (χ2v) is 10.2. The first kappa shape index (κ1) is 24.5. The highest BCUT2D eigenvalue weighted by molar-refractivity contribution is 6.01. The Morgan fingerprint density at radius 1 is 1.08 bits per heavy atom. The van der Waals surface area contributed by atoms with Crippen LogP contribution in [0.1, 0.15) is 79.2 Å². The molecule has 3 aromatic heterocycles. The first-order valence-corrected chi connectivity index (χ1v) is 13.4. The van der Waals surface area contributed by atoms with E-state index in [0.29, 0.717) is 22.6 Å². The lowest BCUT2D eigenvalue weighted by atomic mass is 9.85. The molecule has 1 aromatic carbocycles. The number of aryl methyl sites for hydroxylation is 1. The Labute approximate surface area is 219 Å². The number of anilines is 1. The maximum Gasteiger partial charge on any atom is 0.255 e. The fourth-order valence-electron chi connectivity index (χ4n) is 6.08. The van der Waals surface area contributed by atoms with Crippen molar-refractivity contribution in [3.8, 4) is 0 Å². The van der Waals surface area contributed by atoms with E-state index in [1.54, 1.807) is 17.0 Å². The highest BCUT2D eigenvalue weighted by Crippen LogP contribution is 2.38. The maximum absolute atomic E-state index is 14.6. The van der Waals surface area contributed by atoms with Crippen molar-refractivity contribution in [2.24, 2.45) is 0 Å². The number of benzene rings is 1. The van der Waals surface area contributed by atoms with Gasteiger partial charge in [0.05, 0.1) is 23.3 Å². The lowest BCUT2D eigenvalue weighted by Gasteiger charge is -2.29. The molecule has 198 valence electrons. The number of rotatable bonds is 6. The lowest BCUT2D eigenvalue weighted by molar-refractivity contribution is 0.0927. The summed E-state index contributed by atoms with van der Waals surface area (Å²) in [5.74, 6) is 0.400. The van der Waals surface area contributed by atoms with E-state index >= 15 is 0 Å². The van der Waals surface area contributed by atoms with Crippen molar-refractivity contribution in [3.05, 3.63) is 77.6 Å². The molecule has 1 N–H and O–H groups in total. The van der Waals surface area contributed by atoms with Gasteiger partial charge >= 0.3 is 0 Å². The largest absolute Gasteiger partial charge is 0.364 e. The van der Waals surface area contributed by atoms with E-state index in [0.717, 1.165) is 69.2 Å². The predicted molar refractivity (Wildman–Crippen MR) is 139 cm³/mol. The van der Waals surface area contributed by atoms with Gasteiger partial charge in [-0.1, -0.05) is 0 Å². The summed E-state index contributed by atoms with van der Waals surface area (Å²) < 4.78 is 32.1. The minimum Gasteiger partial charge on any atom is -0.364 e. The van der Waals surface area contributed by atoms with Crippen LogP contribution in [0, 0.1) is 11.6 Å². The Morgan fingerprint density at radius 2 is 1.92 bits per heavy atom. The van der Waals surface area contributed by atoms with Crippen molar-refractivity contribution in [1.82, 2.24) is 29.7 Å². The Bertz CT molecular complexity index is 1460. The van der Waals surface area contributed by atoms with E-state index in [-0.39, 0.29) is 18.0 Å². The number of aromatic nitrogens is 5. The zero-order valence-corrected chi connectivity index (χ0v) is 21.4. The molecule has 1 amide bonds. The minimum absolute atomic E-state index is 0.0915. The van der Waals surface area contributed by atoms with Crippen molar-refractivity contribution in [2.45, 2.75) is 70.0 Å². The van der Waals surface area contributed by atoms with Crippen LogP contribution in [-0.4, -0.2) is 42.9 Å². The number of halogens is 2. The van der Waals surface area contributed by atoms with Crippen LogP contribution in [0.3, 0.4) is 0 Å². The Balaban J connectivity index is 1.18. The predicted octanol–water partition coefficient (Wildman–Crippen LogP) is 5.02. The summed E-state index contributed by atoms with van der Waals surface area (Å²) in [6.07, 6.45) is 10.3. The molecule has 6 rings (SSSR count). The summed E-state index contributed by atoms with van der Waals surface area (Å²) in [7, 11) is 0. The van der Waals surface area contributed by atoms with Crippen LogP contribution in [0.4, 0.5) is 14.5 Å². The molecule has 4 aromatic rings. The Morgan fingerprint density at radius 3 is 2.74 bits per heavy atom. The minimum atomic E-state index is -0.445. The molecular formula is C28H31F2N7O. The van der Waals surface area contributed by atoms with Crippen molar-refractivity contribution in [2.75, 3.05) is 11.4 Å². The van der Waals surface area contributed by atoms with E-state index in [9.17, 15) is 13.6 Å². The van der Waals surface area contributed by atoms with E-state index in [1.165, 1.54) is 12.1 Å². The normalized spacial score (nSPS) is 21.8. The van der Waals surface area contributed by atoms with Crippen LogP contribution >= 0.6 is 0 Å². The van der Waals surface area contributed by atoms with Crippen LogP contribution in [0.5, 0.6) is 0 Å². The van der Waals surface area contributed by atoms with Gasteiger partial charge in [-0.2, -0.15) is 10.2 Å². The fourth-order valence-corrected chi connectivity index (χ4v) is 6.08. The van der Waals surface area contributed by atoms with Crippen molar-refractivity contribution in [1.29, 1.82) is 0 Å². The van der Waals surface area contributed by atoms with Crippen LogP contribution in [0.25, 0.3) is 5.52 Å². The number of pyridine rings is 1. The Kier molecular flexibility index (Phi) is 6.55. The zero-order valence-electron chi connectivity index (χ0n) is 21.4. The van der Waals surface area contributed by atoms with Crippen LogP contribution in [0.15, 0.2) is 49.1 Å². The molecule has 2 fully saturated rings. The number of hydrogen-bond acceptors (Lipinski definition) is 5. The van der Waals surface area contributed by atoms with Gasteiger partial charge in [0.1, 0.15) is 23.8 Å². The highest BCUT2D eigenvalue weighted by atomic mass is 19.1. The number of nitrogens with one attached hydrogen (secondary N) is 1. The molecule has 0 radical (unpaired) electrons. The summed E-state index contributed by atoms with van der Waals surface area (Å²) in [4.78, 5) is 19.8. The molecule has 0 unspecified atom stereocenters. The van der Waals surface area contributed by atoms with Crippen LogP contribution < -0.4 is 10.2 Å². The third-order valence-electron chi connectivity index (χ3n) is 8.02. The summed E-state index contributed by atoms with van der Waals surface area (Å²) in [6.45, 7) is 3.59. The van der Waals surface area contributed by atoms with Gasteiger partial charge in [0, 0.05) is 42.5 Å². The molecule has 2 aliphatic rings. The number of carbonyl (C=O) groups excluding carboxylic acids is 1. The van der Waals surface area contributed by atoms with Gasteiger partial charge in [-0.3, -0.25) is 9.48 Å². The Hall–Kier alpha value is -3.82. The topological polar surface area (TPSA) is 80.3 Å². The molecule has 38 heavy (non-hydrogen) atoms. The SMILES string of the molecule is CCn1ncnc1C1CCC(NC(=O)c2cnn3ccc(N4CCC[C@@H]4c4cc(F)ccc4F)cc23)CC1. The van der Waals surface area contributed by atoms with Crippen molar-refractivity contribution < 1.29 is 13.6 Å². The van der Waals surface area contributed by atoms with Gasteiger partial charge in [0.25, 0.3) is 5.91 Å². The molecule has 0 spiro atoms. The van der Waals surface area contributed by atoms with E-state index < -0.39 is 11.6 Å². The average molecular weight is 520 g/mol. The molecule has 1 saturated heterocycles. The monoisotopic (exact) mass is 519 g/mol. The molecule has 8 nitrogen and oxygen atoms in total. The molecule has 4 heterocycles. The number of carbonyl (C=O) groups is 1. The number of fused-ring (bicyclic) bond motifs is 1. The first-order chi connectivity index (χ1) is 18.5. The van der Waals surface area contributed by atoms with Crippen LogP contribution in [0.2, 0.25) is 0 Å². The van der Waals surface area contributed by atoms with E-state index in [2.05, 4.69) is 32.3 Å². The molecule has 1 aliphatic heterocycles. The zero-order chi connectivity index (χ0) is 26.2. The second-order valence-electron chi connectivity index (χ2n) is 10.2. The number of hydrogen-bond donors (Lipinski definition) is 1. The van der Waals surface area contributed by atoms with Gasteiger partial charge in [-0.25, -0.2) is 18.3 Å². The van der Waals surface area contributed by atoms with Gasteiger partial charge in [0.2, 0.25) is 0 Å². The third kappa shape index (κ3) is 4.52. The number of amides is 1. The standard InChI is InChI=1S/C28H31F2N7O/c1-2-36-27(31-17-33-36)18-5-8-20(9-6-18)34-28(38)23-16-32-37-13-11-21(15-26(23)37)35-12-3-4-25(35)22-14-19(29)7-10-24(22)30/h7,10-11,13-18,20,25H,2-6,8-9,12H2,1H3,(H,34,38)/t18?,20?,25-/m1/s1. The molecule has 1 aliphatic carbocycles. The molecule has 1 saturated carbocycles. The molecule has 10 heteroatoms. The summed E-state index contributed by atoms with van der Waals surface area (Å²) in [6, 6.07) is 7.28. The van der Waals surface area contributed by atoms with Gasteiger partial charge < -0.3 is 10.2 Å². The summed E-state index contributed by atoms with van der Waals surface area (Å²) in [5.41, 5.74) is 2.42. The average Bonchev–Trinajstić information content (AvgIpc) is 3.69. The first-order valence-electron chi connectivity index (χ1n) is 13.4. The maximum atomic E-state index is 14.6. The van der Waals surface area contributed by atoms with E-state index in [1.807, 2.05) is 23.0 Å². The quantitative estimate of drug-likeness (QED) is 0.387. The smallest absolute Gasteiger partial charge is 0.255 e. The van der Waals surface area contributed by atoms with E-state index in [4.69, 9.17) is 0 Å². The number of nitrogens with zero attached hydrogens (tertiary/aromatic N) is 6. The summed E-state index contributed by atoms with van der Waals surface area (Å²) >= 11 is 0. The van der Waals surface area contributed by atoms with Gasteiger partial charge in [0.15, 0.2) is 0 Å². The highest BCUT2D eigenvalue weighted by Gasteiger charge is 2.30. The fraction of sp³-hybridized carbons (Fsp3) is 0.429. The van der Waals surface area contributed by atoms with Crippen LogP contribution in [-0.2, 0) is 6.54 Å². The summed E-state index contributed by atoms with van der Waals surface area (Å²) in [5, 5.41) is 11.9. The molecule has 0 bridgehead atoms. The van der Waals surface area contributed by atoms with Gasteiger partial charge in [-0.05, 0) is 75.8 Å². The van der Waals surface area contributed by atoms with Gasteiger partial charge in [-0.15, -0.1) is 0 Å². The molecular weight excluding hydrogens is 488 g/mol. The third-order valence-corrected chi connectivity index (χ3v) is 8.02.